The zero-order valence-electron chi connectivity index (χ0n) is 16.8. The first-order valence-electron chi connectivity index (χ1n) is 10.2. The van der Waals surface area contributed by atoms with Crippen LogP contribution in [0.2, 0.25) is 0 Å². The number of carbonyl (C=O) groups excluding carboxylic acids is 1. The highest BCUT2D eigenvalue weighted by molar-refractivity contribution is 5.81. The van der Waals surface area contributed by atoms with Gasteiger partial charge in [0, 0.05) is 37.1 Å². The van der Waals surface area contributed by atoms with Gasteiger partial charge in [-0.1, -0.05) is 12.1 Å². The van der Waals surface area contributed by atoms with E-state index in [4.69, 9.17) is 15.6 Å². The number of benzene rings is 1. The zero-order valence-corrected chi connectivity index (χ0v) is 16.8. The summed E-state index contributed by atoms with van der Waals surface area (Å²) >= 11 is 0. The average Bonchev–Trinajstić information content (AvgIpc) is 3.36. The third-order valence-electron chi connectivity index (χ3n) is 5.39. The Bertz CT molecular complexity index is 983. The minimum absolute atomic E-state index is 0.153. The second-order valence-electron chi connectivity index (χ2n) is 7.35. The van der Waals surface area contributed by atoms with Crippen LogP contribution < -0.4 is 10.5 Å². The van der Waals surface area contributed by atoms with Gasteiger partial charge in [-0.3, -0.25) is 4.79 Å². The Morgan fingerprint density at radius 3 is 2.86 bits per heavy atom. The summed E-state index contributed by atoms with van der Waals surface area (Å²) in [6.07, 6.45) is 3.10. The standard InChI is InChI=1S/C22H27N5O2/c1-2-29-18-7-5-16(6-8-18)14-20(28)26-12-9-17(15-26)21-19-4-3-11-24-22(19)27(25-21)13-10-23/h3-8,11,17H,2,9-10,12-15,23H2,1H3. The third kappa shape index (κ3) is 4.10. The first kappa shape index (κ1) is 19.4. The fourth-order valence-electron chi connectivity index (χ4n) is 3.98. The lowest BCUT2D eigenvalue weighted by Gasteiger charge is -2.16. The number of carbonyl (C=O) groups is 1. The molecule has 0 radical (unpaired) electrons. The van der Waals surface area contributed by atoms with Gasteiger partial charge in [-0.15, -0.1) is 0 Å². The molecule has 2 aromatic heterocycles. The van der Waals surface area contributed by atoms with Crippen LogP contribution in [0.15, 0.2) is 42.6 Å². The molecule has 1 amide bonds. The predicted octanol–water partition coefficient (Wildman–Crippen LogP) is 2.35. The quantitative estimate of drug-likeness (QED) is 0.666. The minimum Gasteiger partial charge on any atom is -0.494 e. The molecule has 7 nitrogen and oxygen atoms in total. The van der Waals surface area contributed by atoms with Gasteiger partial charge < -0.3 is 15.4 Å². The molecule has 29 heavy (non-hydrogen) atoms. The van der Waals surface area contributed by atoms with Gasteiger partial charge >= 0.3 is 0 Å². The Morgan fingerprint density at radius 1 is 1.28 bits per heavy atom. The highest BCUT2D eigenvalue weighted by Crippen LogP contribution is 2.31. The number of hydrogen-bond donors (Lipinski definition) is 1. The molecule has 1 unspecified atom stereocenters. The number of ether oxygens (including phenoxy) is 1. The molecule has 1 aliphatic heterocycles. The van der Waals surface area contributed by atoms with E-state index < -0.39 is 0 Å². The maximum atomic E-state index is 12.8. The Hall–Kier alpha value is -2.93. The van der Waals surface area contributed by atoms with E-state index in [-0.39, 0.29) is 11.8 Å². The Labute approximate surface area is 170 Å². The molecule has 0 saturated carbocycles. The number of fused-ring (bicyclic) bond motifs is 1. The van der Waals surface area contributed by atoms with E-state index >= 15 is 0 Å². The van der Waals surface area contributed by atoms with Crippen LogP contribution in [0, 0.1) is 0 Å². The van der Waals surface area contributed by atoms with Gasteiger partial charge in [-0.25, -0.2) is 9.67 Å². The number of aromatic nitrogens is 3. The number of nitrogens with two attached hydrogens (primary N) is 1. The van der Waals surface area contributed by atoms with Crippen molar-refractivity contribution in [1.29, 1.82) is 0 Å². The molecular formula is C22H27N5O2. The van der Waals surface area contributed by atoms with Gasteiger partial charge in [0.15, 0.2) is 5.65 Å². The van der Waals surface area contributed by atoms with Crippen molar-refractivity contribution < 1.29 is 9.53 Å². The number of amides is 1. The Morgan fingerprint density at radius 2 is 2.10 bits per heavy atom. The van der Waals surface area contributed by atoms with E-state index in [9.17, 15) is 4.79 Å². The second kappa shape index (κ2) is 8.61. The van der Waals surface area contributed by atoms with Crippen molar-refractivity contribution in [2.24, 2.45) is 5.73 Å². The molecule has 4 rings (SSSR count). The van der Waals surface area contributed by atoms with Crippen LogP contribution in [-0.2, 0) is 17.8 Å². The minimum atomic E-state index is 0.153. The lowest BCUT2D eigenvalue weighted by Crippen LogP contribution is -2.29. The van der Waals surface area contributed by atoms with Crippen molar-refractivity contribution in [3.8, 4) is 5.75 Å². The summed E-state index contributed by atoms with van der Waals surface area (Å²) in [6.45, 7) is 5.20. The van der Waals surface area contributed by atoms with Crippen molar-refractivity contribution in [3.63, 3.8) is 0 Å². The topological polar surface area (TPSA) is 86.3 Å². The molecule has 0 aliphatic carbocycles. The van der Waals surface area contributed by atoms with Crippen LogP contribution in [0.1, 0.15) is 30.5 Å². The normalized spacial score (nSPS) is 16.5. The summed E-state index contributed by atoms with van der Waals surface area (Å²) < 4.78 is 7.35. The van der Waals surface area contributed by atoms with E-state index in [1.165, 1.54) is 0 Å². The van der Waals surface area contributed by atoms with Crippen LogP contribution >= 0.6 is 0 Å². The van der Waals surface area contributed by atoms with Crippen molar-refractivity contribution in [2.75, 3.05) is 26.2 Å². The zero-order chi connectivity index (χ0) is 20.2. The Balaban J connectivity index is 1.45. The summed E-state index contributed by atoms with van der Waals surface area (Å²) in [5.74, 6) is 1.21. The number of rotatable bonds is 7. The van der Waals surface area contributed by atoms with Gasteiger partial charge in [-0.05, 0) is 43.2 Å². The number of pyridine rings is 1. The van der Waals surface area contributed by atoms with Gasteiger partial charge in [0.05, 0.1) is 25.3 Å². The van der Waals surface area contributed by atoms with Gasteiger partial charge in [-0.2, -0.15) is 5.10 Å². The van der Waals surface area contributed by atoms with Crippen LogP contribution in [0.3, 0.4) is 0 Å². The molecule has 152 valence electrons. The summed E-state index contributed by atoms with van der Waals surface area (Å²) in [5.41, 5.74) is 8.62. The monoisotopic (exact) mass is 393 g/mol. The maximum absolute atomic E-state index is 12.8. The highest BCUT2D eigenvalue weighted by atomic mass is 16.5. The predicted molar refractivity (Wildman–Crippen MR) is 112 cm³/mol. The van der Waals surface area contributed by atoms with E-state index in [1.807, 2.05) is 46.8 Å². The molecule has 1 aromatic carbocycles. The Kier molecular flexibility index (Phi) is 5.76. The average molecular weight is 393 g/mol. The maximum Gasteiger partial charge on any atom is 0.227 e. The third-order valence-corrected chi connectivity index (χ3v) is 5.39. The largest absolute Gasteiger partial charge is 0.494 e. The molecular weight excluding hydrogens is 366 g/mol. The molecule has 3 aromatic rings. The molecule has 0 spiro atoms. The number of nitrogens with zero attached hydrogens (tertiary/aromatic N) is 4. The van der Waals surface area contributed by atoms with Crippen molar-refractivity contribution in [3.05, 3.63) is 53.9 Å². The summed E-state index contributed by atoms with van der Waals surface area (Å²) in [6, 6.07) is 11.8. The van der Waals surface area contributed by atoms with E-state index in [2.05, 4.69) is 11.1 Å². The molecule has 1 aliphatic rings. The fraction of sp³-hybridized carbons (Fsp3) is 0.409. The first-order valence-corrected chi connectivity index (χ1v) is 10.2. The molecule has 0 bridgehead atoms. The van der Waals surface area contributed by atoms with E-state index in [0.29, 0.717) is 32.7 Å². The van der Waals surface area contributed by atoms with Crippen LogP contribution in [0.4, 0.5) is 0 Å². The lowest BCUT2D eigenvalue weighted by atomic mass is 10.0. The van der Waals surface area contributed by atoms with Gasteiger partial charge in [0.2, 0.25) is 5.91 Å². The van der Waals surface area contributed by atoms with Crippen LogP contribution in [0.25, 0.3) is 11.0 Å². The number of hydrogen-bond acceptors (Lipinski definition) is 5. The van der Waals surface area contributed by atoms with Crippen LogP contribution in [0.5, 0.6) is 5.75 Å². The lowest BCUT2D eigenvalue weighted by molar-refractivity contribution is -0.129. The first-order chi connectivity index (χ1) is 14.2. The molecule has 7 heteroatoms. The SMILES string of the molecule is CCOc1ccc(CC(=O)N2CCC(c3nn(CCN)c4ncccc34)C2)cc1. The number of likely N-dealkylation sites (tertiary alicyclic amines) is 1. The highest BCUT2D eigenvalue weighted by Gasteiger charge is 2.30. The fourth-order valence-corrected chi connectivity index (χ4v) is 3.98. The van der Waals surface area contributed by atoms with Crippen molar-refractivity contribution >= 4 is 16.9 Å². The molecule has 2 N–H and O–H groups in total. The molecule has 1 fully saturated rings. The molecule has 1 atom stereocenters. The van der Waals surface area contributed by atoms with Crippen molar-refractivity contribution in [2.45, 2.75) is 32.2 Å². The summed E-state index contributed by atoms with van der Waals surface area (Å²) in [4.78, 5) is 19.2. The van der Waals surface area contributed by atoms with E-state index in [1.54, 1.807) is 6.20 Å². The summed E-state index contributed by atoms with van der Waals surface area (Å²) in [7, 11) is 0. The van der Waals surface area contributed by atoms with E-state index in [0.717, 1.165) is 41.0 Å². The summed E-state index contributed by atoms with van der Waals surface area (Å²) in [5, 5.41) is 5.85. The second-order valence-corrected chi connectivity index (χ2v) is 7.35. The van der Waals surface area contributed by atoms with Gasteiger partial charge in [0.25, 0.3) is 0 Å². The molecule has 3 heterocycles. The van der Waals surface area contributed by atoms with Crippen molar-refractivity contribution in [1.82, 2.24) is 19.7 Å². The van der Waals surface area contributed by atoms with Crippen LogP contribution in [-0.4, -0.2) is 51.8 Å². The van der Waals surface area contributed by atoms with Gasteiger partial charge in [0.1, 0.15) is 5.75 Å². The molecule has 1 saturated heterocycles. The smallest absolute Gasteiger partial charge is 0.227 e.